The molecule has 0 radical (unpaired) electrons. The number of hydrogen-bond donors (Lipinski definition) is 0. The van der Waals surface area contributed by atoms with Gasteiger partial charge in [0.15, 0.2) is 5.58 Å². The molecule has 0 aliphatic heterocycles. The zero-order chi connectivity index (χ0) is 13.6. The molecule has 0 spiro atoms. The van der Waals surface area contributed by atoms with Gasteiger partial charge in [0, 0.05) is 11.8 Å². The highest BCUT2D eigenvalue weighted by atomic mass is 32.2. The van der Waals surface area contributed by atoms with Crippen molar-refractivity contribution in [3.05, 3.63) is 23.8 Å². The molecule has 0 saturated carbocycles. The number of benzene rings is 1. The summed E-state index contributed by atoms with van der Waals surface area (Å²) in [5.74, 6) is 0. The Kier molecular flexibility index (Phi) is 2.96. The molecule has 0 bridgehead atoms. The van der Waals surface area contributed by atoms with Gasteiger partial charge in [0.05, 0.1) is 5.56 Å². The van der Waals surface area contributed by atoms with Gasteiger partial charge in [0.1, 0.15) is 5.52 Å². The van der Waals surface area contributed by atoms with Crippen LogP contribution in [-0.2, 0) is 6.18 Å². The van der Waals surface area contributed by atoms with Crippen molar-refractivity contribution in [1.82, 2.24) is 4.98 Å². The molecule has 0 unspecified atom stereocenters. The van der Waals surface area contributed by atoms with Crippen LogP contribution < -0.4 is 0 Å². The number of nitrogens with zero attached hydrogens (tertiary/aromatic N) is 1. The van der Waals surface area contributed by atoms with Crippen molar-refractivity contribution >= 4 is 22.9 Å². The van der Waals surface area contributed by atoms with E-state index in [-0.39, 0.29) is 11.1 Å². The molecule has 18 heavy (non-hydrogen) atoms. The normalized spacial score (nSPS) is 13.2. The first-order valence-corrected chi connectivity index (χ1v) is 5.20. The molecule has 1 aromatic carbocycles. The summed E-state index contributed by atoms with van der Waals surface area (Å²) in [5, 5.41) is -0.739. The molecule has 0 aliphatic rings. The second kappa shape index (κ2) is 4.08. The maximum atomic E-state index is 12.3. The van der Waals surface area contributed by atoms with Crippen LogP contribution in [0.4, 0.5) is 26.3 Å². The Balaban J connectivity index is 2.40. The van der Waals surface area contributed by atoms with Gasteiger partial charge >= 0.3 is 11.7 Å². The monoisotopic (exact) mass is 287 g/mol. The standard InChI is InChI=1S/C9H3F6NOS/c10-8(11,12)4-1-2-5-6(3-4)17-7(16-5)18-9(13,14)15/h1-3H. The zero-order valence-corrected chi connectivity index (χ0v) is 9.08. The fourth-order valence-electron chi connectivity index (χ4n) is 1.22. The molecular weight excluding hydrogens is 284 g/mol. The summed E-state index contributed by atoms with van der Waals surface area (Å²) in [6.45, 7) is 0. The lowest BCUT2D eigenvalue weighted by molar-refractivity contribution is -0.137. The Labute approximate surface area is 100.0 Å². The van der Waals surface area contributed by atoms with Crippen molar-refractivity contribution in [2.24, 2.45) is 0 Å². The van der Waals surface area contributed by atoms with Gasteiger partial charge in [-0.3, -0.25) is 0 Å². The van der Waals surface area contributed by atoms with Gasteiger partial charge < -0.3 is 4.42 Å². The maximum absolute atomic E-state index is 12.3. The fraction of sp³-hybridized carbons (Fsp3) is 0.222. The van der Waals surface area contributed by atoms with E-state index in [0.717, 1.165) is 12.1 Å². The highest BCUT2D eigenvalue weighted by Crippen LogP contribution is 2.38. The Hall–Kier alpha value is -1.38. The Morgan fingerprint density at radius 1 is 1.06 bits per heavy atom. The summed E-state index contributed by atoms with van der Waals surface area (Å²) in [6, 6.07) is 2.30. The zero-order valence-electron chi connectivity index (χ0n) is 8.26. The number of halogens is 6. The first-order valence-electron chi connectivity index (χ1n) is 4.39. The second-order valence-electron chi connectivity index (χ2n) is 3.21. The maximum Gasteiger partial charge on any atom is 0.450 e. The van der Waals surface area contributed by atoms with Crippen molar-refractivity contribution in [3.63, 3.8) is 0 Å². The smallest absolute Gasteiger partial charge is 0.431 e. The van der Waals surface area contributed by atoms with E-state index in [1.807, 2.05) is 0 Å². The van der Waals surface area contributed by atoms with E-state index in [0.29, 0.717) is 6.07 Å². The van der Waals surface area contributed by atoms with E-state index >= 15 is 0 Å². The van der Waals surface area contributed by atoms with E-state index in [1.165, 1.54) is 0 Å². The molecule has 1 heterocycles. The summed E-state index contributed by atoms with van der Waals surface area (Å²) in [7, 11) is 0. The lowest BCUT2D eigenvalue weighted by atomic mass is 10.2. The molecule has 2 aromatic rings. The van der Waals surface area contributed by atoms with Crippen molar-refractivity contribution in [2.45, 2.75) is 16.9 Å². The summed E-state index contributed by atoms with van der Waals surface area (Å²) in [4.78, 5) is 3.43. The van der Waals surface area contributed by atoms with E-state index in [2.05, 4.69) is 9.40 Å². The number of fused-ring (bicyclic) bond motifs is 1. The number of thioether (sulfide) groups is 1. The van der Waals surface area contributed by atoms with E-state index in [1.54, 1.807) is 0 Å². The average molecular weight is 287 g/mol. The van der Waals surface area contributed by atoms with E-state index in [4.69, 9.17) is 0 Å². The van der Waals surface area contributed by atoms with Crippen LogP contribution in [0.5, 0.6) is 0 Å². The van der Waals surface area contributed by atoms with Gasteiger partial charge in [-0.25, -0.2) is 4.98 Å². The summed E-state index contributed by atoms with van der Waals surface area (Å²) in [5.41, 5.74) is -6.01. The van der Waals surface area contributed by atoms with Crippen LogP contribution in [0.25, 0.3) is 11.1 Å². The number of aromatic nitrogens is 1. The van der Waals surface area contributed by atoms with Gasteiger partial charge in [-0.1, -0.05) is 0 Å². The second-order valence-corrected chi connectivity index (χ2v) is 4.22. The Bertz CT molecular complexity index is 572. The molecule has 0 fully saturated rings. The molecule has 0 N–H and O–H groups in total. The molecule has 9 heteroatoms. The van der Waals surface area contributed by atoms with Crippen molar-refractivity contribution in [1.29, 1.82) is 0 Å². The number of alkyl halides is 6. The fourth-order valence-corrected chi connectivity index (χ4v) is 1.70. The quantitative estimate of drug-likeness (QED) is 0.572. The van der Waals surface area contributed by atoms with Crippen LogP contribution in [0.3, 0.4) is 0 Å². The largest absolute Gasteiger partial charge is 0.450 e. The van der Waals surface area contributed by atoms with Crippen LogP contribution in [0, 0.1) is 0 Å². The molecule has 0 atom stereocenters. The van der Waals surface area contributed by atoms with Gasteiger partial charge in [0.25, 0.3) is 5.22 Å². The van der Waals surface area contributed by atoms with Crippen LogP contribution in [0.15, 0.2) is 27.8 Å². The van der Waals surface area contributed by atoms with Crippen LogP contribution >= 0.6 is 11.8 Å². The Morgan fingerprint density at radius 2 is 1.72 bits per heavy atom. The Morgan fingerprint density at radius 3 is 2.28 bits per heavy atom. The van der Waals surface area contributed by atoms with Gasteiger partial charge in [0.2, 0.25) is 0 Å². The molecule has 0 amide bonds. The summed E-state index contributed by atoms with van der Waals surface area (Å²) in [6.07, 6.45) is -4.59. The number of rotatable bonds is 1. The summed E-state index contributed by atoms with van der Waals surface area (Å²) >= 11 is -0.619. The van der Waals surface area contributed by atoms with Crippen LogP contribution in [-0.4, -0.2) is 10.5 Å². The van der Waals surface area contributed by atoms with Crippen molar-refractivity contribution in [2.75, 3.05) is 0 Å². The molecule has 98 valence electrons. The number of oxazole rings is 1. The van der Waals surface area contributed by atoms with Gasteiger partial charge in [-0.05, 0) is 18.2 Å². The molecule has 1 aromatic heterocycles. The first-order chi connectivity index (χ1) is 8.15. The highest BCUT2D eigenvalue weighted by Gasteiger charge is 2.34. The number of hydrogen-bond acceptors (Lipinski definition) is 3. The predicted octanol–water partition coefficient (Wildman–Crippen LogP) is 4.46. The van der Waals surface area contributed by atoms with Crippen molar-refractivity contribution < 1.29 is 30.8 Å². The topological polar surface area (TPSA) is 26.0 Å². The van der Waals surface area contributed by atoms with E-state index < -0.39 is 34.2 Å². The van der Waals surface area contributed by atoms with Gasteiger partial charge in [-0.15, -0.1) is 0 Å². The van der Waals surface area contributed by atoms with Crippen LogP contribution in [0.1, 0.15) is 5.56 Å². The lowest BCUT2D eigenvalue weighted by Gasteiger charge is -2.04. The molecule has 2 nitrogen and oxygen atoms in total. The first kappa shape index (κ1) is 13.1. The third kappa shape index (κ3) is 2.89. The van der Waals surface area contributed by atoms with Gasteiger partial charge in [-0.2, -0.15) is 26.3 Å². The minimum Gasteiger partial charge on any atom is -0.431 e. The minimum atomic E-state index is -4.60. The molecule has 0 saturated heterocycles. The third-order valence-corrected chi connectivity index (χ3v) is 2.48. The SMILES string of the molecule is FC(F)(F)Sc1nc2ccc(C(F)(F)F)cc2o1. The van der Waals surface area contributed by atoms with Crippen LogP contribution in [0.2, 0.25) is 0 Å². The van der Waals surface area contributed by atoms with Crippen molar-refractivity contribution in [3.8, 4) is 0 Å². The minimum absolute atomic E-state index is 0.0604. The lowest BCUT2D eigenvalue weighted by Crippen LogP contribution is -2.03. The highest BCUT2D eigenvalue weighted by molar-refractivity contribution is 7.99. The van der Waals surface area contributed by atoms with E-state index in [9.17, 15) is 26.3 Å². The molecule has 0 aliphatic carbocycles. The average Bonchev–Trinajstić information content (AvgIpc) is 2.53. The summed E-state index contributed by atoms with van der Waals surface area (Å²) < 4.78 is 77.7. The molecular formula is C9H3F6NOS. The molecule has 2 rings (SSSR count). The third-order valence-electron chi connectivity index (χ3n) is 1.90. The predicted molar refractivity (Wildman–Crippen MR) is 50.9 cm³/mol.